The number of rotatable bonds is 2. The van der Waals surface area contributed by atoms with Gasteiger partial charge in [0.05, 0.1) is 5.69 Å². The summed E-state index contributed by atoms with van der Waals surface area (Å²) in [5, 5.41) is 7.46. The minimum Gasteiger partial charge on any atom is -0.396 e. The Morgan fingerprint density at radius 1 is 1.37 bits per heavy atom. The van der Waals surface area contributed by atoms with E-state index in [1.165, 1.54) is 0 Å². The number of fused-ring (bicyclic) bond motifs is 1. The maximum absolute atomic E-state index is 6.08. The average Bonchev–Trinajstić information content (AvgIpc) is 2.84. The molecule has 0 aromatic carbocycles. The van der Waals surface area contributed by atoms with Gasteiger partial charge in [0.1, 0.15) is 0 Å². The molecule has 0 aliphatic carbocycles. The maximum atomic E-state index is 6.08. The number of pyridine rings is 2. The van der Waals surface area contributed by atoms with Crippen molar-refractivity contribution in [3.63, 3.8) is 0 Å². The van der Waals surface area contributed by atoms with Crippen LogP contribution in [0.5, 0.6) is 0 Å². The smallest absolute Gasteiger partial charge is 0.396 e. The standard InChI is InChI=1S/C12H10N5O.Rb/c1-7-9(5-8-3-2-4-14-6-8)10(13)11-12(15-7)17-18-16-11;/h2-3,6H,5,13H2,1H3;/q-1;+1. The number of anilines is 1. The van der Waals surface area contributed by atoms with Crippen molar-refractivity contribution < 1.29 is 62.8 Å². The molecular formula is C12H10N5ORb. The maximum Gasteiger partial charge on any atom is 1.00 e. The molecule has 0 aliphatic rings. The first-order valence-corrected chi connectivity index (χ1v) is 5.44. The molecule has 3 heterocycles. The molecule has 0 spiro atoms. The average molecular weight is 326 g/mol. The van der Waals surface area contributed by atoms with Crippen molar-refractivity contribution in [2.75, 3.05) is 5.73 Å². The number of hydrogen-bond acceptors (Lipinski definition) is 6. The van der Waals surface area contributed by atoms with Crippen LogP contribution in [0.4, 0.5) is 5.69 Å². The molecule has 3 aromatic heterocycles. The third kappa shape index (κ3) is 2.91. The van der Waals surface area contributed by atoms with E-state index in [4.69, 9.17) is 5.73 Å². The first-order chi connectivity index (χ1) is 8.75. The normalized spacial score (nSPS) is 10.4. The van der Waals surface area contributed by atoms with Gasteiger partial charge in [-0.25, -0.2) is 9.61 Å². The summed E-state index contributed by atoms with van der Waals surface area (Å²) in [4.78, 5) is 8.28. The third-order valence-electron chi connectivity index (χ3n) is 2.82. The van der Waals surface area contributed by atoms with Crippen molar-refractivity contribution >= 4 is 16.9 Å². The van der Waals surface area contributed by atoms with E-state index in [9.17, 15) is 0 Å². The van der Waals surface area contributed by atoms with Gasteiger partial charge in [-0.15, -0.1) is 5.56 Å². The summed E-state index contributed by atoms with van der Waals surface area (Å²) in [6.07, 6.45) is 5.14. The Bertz CT molecular complexity index is 698. The molecule has 0 saturated heterocycles. The molecule has 0 unspecified atom stereocenters. The summed E-state index contributed by atoms with van der Waals surface area (Å²) >= 11 is 0. The van der Waals surface area contributed by atoms with Crippen LogP contribution in [-0.2, 0) is 6.42 Å². The number of nitrogen functional groups attached to an aromatic ring is 1. The monoisotopic (exact) mass is 325 g/mol. The largest absolute Gasteiger partial charge is 1.00 e. The number of aromatic nitrogens is 4. The van der Waals surface area contributed by atoms with Crippen molar-refractivity contribution in [3.05, 3.63) is 41.3 Å². The summed E-state index contributed by atoms with van der Waals surface area (Å²) in [5.74, 6) is 0. The first kappa shape index (κ1) is 14.7. The third-order valence-corrected chi connectivity index (χ3v) is 2.82. The van der Waals surface area contributed by atoms with Gasteiger partial charge in [-0.05, 0) is 23.7 Å². The van der Waals surface area contributed by atoms with Crippen LogP contribution in [0, 0.1) is 13.1 Å². The quantitative estimate of drug-likeness (QED) is 0.565. The van der Waals surface area contributed by atoms with Crippen LogP contribution in [0.15, 0.2) is 23.0 Å². The number of nitrogens with zero attached hydrogens (tertiary/aromatic N) is 4. The summed E-state index contributed by atoms with van der Waals surface area (Å²) in [6, 6.07) is 3.71. The number of hydrogen-bond donors (Lipinski definition) is 1. The van der Waals surface area contributed by atoms with Gasteiger partial charge in [-0.3, -0.25) is 0 Å². The summed E-state index contributed by atoms with van der Waals surface area (Å²) in [7, 11) is 0. The van der Waals surface area contributed by atoms with E-state index in [-0.39, 0.29) is 58.2 Å². The predicted molar refractivity (Wildman–Crippen MR) is 64.6 cm³/mol. The fraction of sp³-hybridized carbons (Fsp3) is 0.167. The summed E-state index contributed by atoms with van der Waals surface area (Å²) in [5.41, 5.74) is 10.4. The van der Waals surface area contributed by atoms with Crippen LogP contribution >= 0.6 is 0 Å². The molecule has 3 rings (SSSR count). The van der Waals surface area contributed by atoms with Gasteiger partial charge in [-0.2, -0.15) is 12.1 Å². The van der Waals surface area contributed by atoms with Crippen LogP contribution in [0.2, 0.25) is 0 Å². The van der Waals surface area contributed by atoms with Crippen LogP contribution in [0.25, 0.3) is 11.2 Å². The Kier molecular flexibility index (Phi) is 4.78. The molecule has 0 bridgehead atoms. The van der Waals surface area contributed by atoms with Crippen molar-refractivity contribution in [2.45, 2.75) is 13.3 Å². The fourth-order valence-corrected chi connectivity index (χ4v) is 1.87. The van der Waals surface area contributed by atoms with Gasteiger partial charge in [0, 0.05) is 11.3 Å². The zero-order chi connectivity index (χ0) is 12.5. The minimum absolute atomic E-state index is 0. The first-order valence-electron chi connectivity index (χ1n) is 5.44. The molecule has 0 fully saturated rings. The number of nitrogens with two attached hydrogens (primary N) is 1. The van der Waals surface area contributed by atoms with Crippen molar-refractivity contribution in [2.24, 2.45) is 0 Å². The Hall–Kier alpha value is -0.695. The summed E-state index contributed by atoms with van der Waals surface area (Å²) < 4.78 is 4.65. The molecule has 19 heavy (non-hydrogen) atoms. The van der Waals surface area contributed by atoms with E-state index in [1.807, 2.05) is 13.0 Å². The van der Waals surface area contributed by atoms with Gasteiger partial charge < -0.3 is 10.7 Å². The molecule has 0 atom stereocenters. The van der Waals surface area contributed by atoms with E-state index >= 15 is 0 Å². The van der Waals surface area contributed by atoms with Crippen molar-refractivity contribution in [3.8, 4) is 0 Å². The van der Waals surface area contributed by atoms with Crippen LogP contribution < -0.4 is 63.9 Å². The van der Waals surface area contributed by atoms with Gasteiger partial charge in [0.25, 0.3) is 0 Å². The second kappa shape index (κ2) is 6.17. The SMILES string of the molecule is Cc1nc2nonc2c(N)c1Cc1cc[c-]nc1.[Rb+]. The molecule has 0 saturated carbocycles. The van der Waals surface area contributed by atoms with Crippen molar-refractivity contribution in [1.82, 2.24) is 20.3 Å². The van der Waals surface area contributed by atoms with Gasteiger partial charge >= 0.3 is 58.2 Å². The van der Waals surface area contributed by atoms with Crippen LogP contribution in [-0.4, -0.2) is 20.3 Å². The van der Waals surface area contributed by atoms with Crippen molar-refractivity contribution in [1.29, 1.82) is 0 Å². The molecular weight excluding hydrogens is 316 g/mol. The molecule has 7 heteroatoms. The Balaban J connectivity index is 0.00000133. The molecule has 90 valence electrons. The van der Waals surface area contributed by atoms with Gasteiger partial charge in [-0.1, -0.05) is 12.4 Å². The van der Waals surface area contributed by atoms with E-state index in [0.29, 0.717) is 23.3 Å². The Morgan fingerprint density at radius 2 is 2.21 bits per heavy atom. The minimum atomic E-state index is 0. The molecule has 2 N–H and O–H groups in total. The van der Waals surface area contributed by atoms with E-state index in [0.717, 1.165) is 16.8 Å². The van der Waals surface area contributed by atoms with E-state index in [2.05, 4.69) is 31.1 Å². The molecule has 0 amide bonds. The molecule has 3 aromatic rings. The Labute approximate surface area is 158 Å². The topological polar surface area (TPSA) is 90.7 Å². The van der Waals surface area contributed by atoms with Gasteiger partial charge in [0.2, 0.25) is 5.65 Å². The molecule has 6 nitrogen and oxygen atoms in total. The Morgan fingerprint density at radius 3 is 2.95 bits per heavy atom. The second-order valence-electron chi connectivity index (χ2n) is 4.00. The molecule has 0 radical (unpaired) electrons. The fourth-order valence-electron chi connectivity index (χ4n) is 1.87. The second-order valence-corrected chi connectivity index (χ2v) is 4.00. The van der Waals surface area contributed by atoms with Crippen LogP contribution in [0.1, 0.15) is 16.8 Å². The number of aryl methyl sites for hydroxylation is 1. The zero-order valence-electron chi connectivity index (χ0n) is 10.7. The van der Waals surface area contributed by atoms with Crippen LogP contribution in [0.3, 0.4) is 0 Å². The van der Waals surface area contributed by atoms with E-state index < -0.39 is 0 Å². The zero-order valence-corrected chi connectivity index (χ0v) is 15.6. The summed E-state index contributed by atoms with van der Waals surface area (Å²) in [6.45, 7) is 1.89. The van der Waals surface area contributed by atoms with Gasteiger partial charge in [0.15, 0.2) is 5.52 Å². The van der Waals surface area contributed by atoms with E-state index in [1.54, 1.807) is 12.3 Å². The molecule has 0 aliphatic heterocycles. The predicted octanol–water partition coefficient (Wildman–Crippen LogP) is -1.70.